The van der Waals surface area contributed by atoms with Crippen LogP contribution in [-0.4, -0.2) is 70.1 Å². The molecular formula is C15H22N2O5. The number of likely N-dealkylation sites (tertiary alicyclic amines) is 2. The van der Waals surface area contributed by atoms with Gasteiger partial charge in [0.15, 0.2) is 0 Å². The third kappa shape index (κ3) is 6.14. The molecule has 0 aromatic carbocycles. The summed E-state index contributed by atoms with van der Waals surface area (Å²) in [6.07, 6.45) is 4.31. The predicted molar refractivity (Wildman–Crippen MR) is 79.1 cm³/mol. The number of amides is 1. The molecule has 1 amide bonds. The summed E-state index contributed by atoms with van der Waals surface area (Å²) in [7, 11) is 0. The van der Waals surface area contributed by atoms with Gasteiger partial charge in [0.25, 0.3) is 0 Å². The van der Waals surface area contributed by atoms with Gasteiger partial charge in [0.05, 0.1) is 13.1 Å². The number of carboxylic acids is 2. The van der Waals surface area contributed by atoms with Gasteiger partial charge < -0.3 is 15.1 Å². The molecule has 0 aromatic heterocycles. The Balaban J connectivity index is 0.000000346. The Hall–Kier alpha value is -2.07. The Morgan fingerprint density at radius 2 is 1.68 bits per heavy atom. The van der Waals surface area contributed by atoms with Crippen LogP contribution in [0.5, 0.6) is 0 Å². The molecule has 2 fully saturated rings. The average molecular weight is 310 g/mol. The Bertz CT molecular complexity index is 462. The Morgan fingerprint density at radius 3 is 2.14 bits per heavy atom. The molecule has 2 aliphatic heterocycles. The molecule has 122 valence electrons. The fourth-order valence-corrected chi connectivity index (χ4v) is 2.37. The summed E-state index contributed by atoms with van der Waals surface area (Å²) in [6.45, 7) is 5.97. The topological polar surface area (TPSA) is 98.2 Å². The number of rotatable bonds is 2. The lowest BCUT2D eigenvalue weighted by Gasteiger charge is -2.18. The molecule has 0 aliphatic carbocycles. The van der Waals surface area contributed by atoms with Gasteiger partial charge in [-0.2, -0.15) is 0 Å². The van der Waals surface area contributed by atoms with Crippen LogP contribution in [0.4, 0.5) is 0 Å². The van der Waals surface area contributed by atoms with Gasteiger partial charge >= 0.3 is 11.9 Å². The van der Waals surface area contributed by atoms with Crippen molar-refractivity contribution in [3.63, 3.8) is 0 Å². The van der Waals surface area contributed by atoms with E-state index in [2.05, 4.69) is 23.7 Å². The molecule has 22 heavy (non-hydrogen) atoms. The highest BCUT2D eigenvalue weighted by atomic mass is 16.4. The lowest BCUT2D eigenvalue weighted by molar-refractivity contribution is -0.159. The van der Waals surface area contributed by atoms with Crippen LogP contribution in [0, 0.1) is 11.8 Å². The van der Waals surface area contributed by atoms with E-state index in [-0.39, 0.29) is 5.91 Å². The van der Waals surface area contributed by atoms with Crippen molar-refractivity contribution in [3.05, 3.63) is 0 Å². The fourth-order valence-electron chi connectivity index (χ4n) is 2.37. The van der Waals surface area contributed by atoms with E-state index in [4.69, 9.17) is 19.8 Å². The number of hydrogen-bond acceptors (Lipinski definition) is 4. The minimum Gasteiger partial charge on any atom is -0.473 e. The zero-order valence-electron chi connectivity index (χ0n) is 12.7. The molecular weight excluding hydrogens is 288 g/mol. The van der Waals surface area contributed by atoms with Crippen LogP contribution in [0.25, 0.3) is 0 Å². The maximum Gasteiger partial charge on any atom is 0.414 e. The highest BCUT2D eigenvalue weighted by Gasteiger charge is 2.26. The molecule has 0 unspecified atom stereocenters. The van der Waals surface area contributed by atoms with Gasteiger partial charge in [-0.25, -0.2) is 9.59 Å². The van der Waals surface area contributed by atoms with E-state index in [0.717, 1.165) is 13.0 Å². The lowest BCUT2D eigenvalue weighted by atomic mass is 10.2. The zero-order valence-corrected chi connectivity index (χ0v) is 12.7. The molecule has 2 saturated heterocycles. The first-order valence-corrected chi connectivity index (χ1v) is 7.35. The second-order valence-corrected chi connectivity index (χ2v) is 5.36. The van der Waals surface area contributed by atoms with Crippen molar-refractivity contribution >= 4 is 17.8 Å². The standard InChI is InChI=1S/C13H20N2O.C2H2O4/c1-12-6-7-13(16)15(12)11-5-4-10-14-8-2-3-9-14;3-1(4)2(5)6/h12H,2-3,6-11H2,1H3;(H,3,4)(H,5,6)/t12-;/m1./s1. The van der Waals surface area contributed by atoms with Crippen LogP contribution >= 0.6 is 0 Å². The van der Waals surface area contributed by atoms with Crippen molar-refractivity contribution < 1.29 is 24.6 Å². The first kappa shape index (κ1) is 18.0. The van der Waals surface area contributed by atoms with Crippen molar-refractivity contribution in [2.45, 2.75) is 38.6 Å². The minimum absolute atomic E-state index is 0.267. The van der Waals surface area contributed by atoms with Gasteiger partial charge in [-0.3, -0.25) is 9.69 Å². The molecule has 0 saturated carbocycles. The van der Waals surface area contributed by atoms with E-state index in [1.54, 1.807) is 0 Å². The smallest absolute Gasteiger partial charge is 0.414 e. The SMILES string of the molecule is C[C@@H]1CCC(=O)N1CC#CCN1CCCC1.O=C(O)C(=O)O. The van der Waals surface area contributed by atoms with Crippen LogP contribution in [0.3, 0.4) is 0 Å². The van der Waals surface area contributed by atoms with Crippen molar-refractivity contribution in [3.8, 4) is 11.8 Å². The number of carboxylic acid groups (broad SMARTS) is 2. The number of hydrogen-bond donors (Lipinski definition) is 2. The van der Waals surface area contributed by atoms with Crippen LogP contribution in [0.2, 0.25) is 0 Å². The molecule has 0 bridgehead atoms. The second kappa shape index (κ2) is 9.05. The van der Waals surface area contributed by atoms with Gasteiger partial charge in [0, 0.05) is 12.5 Å². The third-order valence-corrected chi connectivity index (χ3v) is 3.69. The van der Waals surface area contributed by atoms with E-state index >= 15 is 0 Å². The summed E-state index contributed by atoms with van der Waals surface area (Å²) in [5.74, 6) is 2.92. The van der Waals surface area contributed by atoms with Crippen LogP contribution in [0.1, 0.15) is 32.6 Å². The van der Waals surface area contributed by atoms with Gasteiger partial charge in [0.2, 0.25) is 5.91 Å². The van der Waals surface area contributed by atoms with Gasteiger partial charge in [-0.15, -0.1) is 0 Å². The van der Waals surface area contributed by atoms with E-state index in [1.165, 1.54) is 25.9 Å². The normalized spacial score (nSPS) is 20.9. The molecule has 1 atom stereocenters. The number of carbonyl (C=O) groups excluding carboxylic acids is 1. The quantitative estimate of drug-likeness (QED) is 0.560. The number of carbonyl (C=O) groups is 3. The highest BCUT2D eigenvalue weighted by molar-refractivity contribution is 6.27. The summed E-state index contributed by atoms with van der Waals surface area (Å²) in [5.41, 5.74) is 0. The molecule has 0 spiro atoms. The van der Waals surface area contributed by atoms with Crippen LogP contribution < -0.4 is 0 Å². The van der Waals surface area contributed by atoms with E-state index in [9.17, 15) is 4.79 Å². The zero-order chi connectivity index (χ0) is 16.5. The largest absolute Gasteiger partial charge is 0.473 e. The molecule has 0 aromatic rings. The predicted octanol–water partition coefficient (Wildman–Crippen LogP) is 0.252. The van der Waals surface area contributed by atoms with Crippen LogP contribution in [0.15, 0.2) is 0 Å². The molecule has 7 heteroatoms. The maximum atomic E-state index is 11.5. The van der Waals surface area contributed by atoms with Crippen molar-refractivity contribution in [2.75, 3.05) is 26.2 Å². The second-order valence-electron chi connectivity index (χ2n) is 5.36. The van der Waals surface area contributed by atoms with Crippen molar-refractivity contribution in [1.29, 1.82) is 0 Å². The average Bonchev–Trinajstić information content (AvgIpc) is 3.08. The number of nitrogens with zero attached hydrogens (tertiary/aromatic N) is 2. The van der Waals surface area contributed by atoms with Crippen molar-refractivity contribution in [2.24, 2.45) is 0 Å². The van der Waals surface area contributed by atoms with Crippen molar-refractivity contribution in [1.82, 2.24) is 9.80 Å². The molecule has 2 rings (SSSR count). The summed E-state index contributed by atoms with van der Waals surface area (Å²) in [4.78, 5) is 34.0. The molecule has 2 aliphatic rings. The number of aliphatic carboxylic acids is 2. The molecule has 0 radical (unpaired) electrons. The van der Waals surface area contributed by atoms with Gasteiger partial charge in [0.1, 0.15) is 0 Å². The monoisotopic (exact) mass is 310 g/mol. The minimum atomic E-state index is -1.82. The van der Waals surface area contributed by atoms with E-state index < -0.39 is 11.9 Å². The van der Waals surface area contributed by atoms with Gasteiger partial charge in [-0.05, 0) is 39.3 Å². The summed E-state index contributed by atoms with van der Waals surface area (Å²) in [5, 5.41) is 14.8. The summed E-state index contributed by atoms with van der Waals surface area (Å²) in [6, 6.07) is 0.383. The molecule has 2 heterocycles. The Kier molecular flexibility index (Phi) is 7.40. The summed E-state index contributed by atoms with van der Waals surface area (Å²) < 4.78 is 0. The fraction of sp³-hybridized carbons (Fsp3) is 0.667. The van der Waals surface area contributed by atoms with Crippen LogP contribution in [-0.2, 0) is 14.4 Å². The Labute approximate surface area is 129 Å². The first-order chi connectivity index (χ1) is 10.4. The maximum absolute atomic E-state index is 11.5. The summed E-state index contributed by atoms with van der Waals surface area (Å²) >= 11 is 0. The highest BCUT2D eigenvalue weighted by Crippen LogP contribution is 2.16. The third-order valence-electron chi connectivity index (χ3n) is 3.69. The Morgan fingerprint density at radius 1 is 1.14 bits per heavy atom. The van der Waals surface area contributed by atoms with E-state index in [1.807, 2.05) is 4.90 Å². The lowest BCUT2D eigenvalue weighted by Crippen LogP contribution is -2.31. The molecule has 2 N–H and O–H groups in total. The first-order valence-electron chi connectivity index (χ1n) is 7.35. The molecule has 7 nitrogen and oxygen atoms in total. The van der Waals surface area contributed by atoms with Gasteiger partial charge in [-0.1, -0.05) is 11.8 Å². The van der Waals surface area contributed by atoms with E-state index in [0.29, 0.717) is 19.0 Å².